The molecule has 1 amide bonds. The van der Waals surface area contributed by atoms with Crippen molar-refractivity contribution >= 4 is 21.6 Å². The maximum atomic E-state index is 11.9. The van der Waals surface area contributed by atoms with Gasteiger partial charge in [-0.25, -0.2) is 8.42 Å². The van der Waals surface area contributed by atoms with E-state index in [0.29, 0.717) is 18.7 Å². The van der Waals surface area contributed by atoms with Crippen LogP contribution in [0.3, 0.4) is 0 Å². The van der Waals surface area contributed by atoms with E-state index in [2.05, 4.69) is 10.6 Å². The van der Waals surface area contributed by atoms with Gasteiger partial charge in [-0.2, -0.15) is 4.31 Å². The molecular weight excluding hydrogens is 290 g/mol. The second-order valence-electron chi connectivity index (χ2n) is 5.03. The number of anilines is 1. The van der Waals surface area contributed by atoms with Gasteiger partial charge >= 0.3 is 0 Å². The van der Waals surface area contributed by atoms with Gasteiger partial charge in [-0.05, 0) is 30.7 Å². The Hall–Kier alpha value is -1.44. The Morgan fingerprint density at radius 2 is 2.19 bits per heavy atom. The summed E-state index contributed by atoms with van der Waals surface area (Å²) in [4.78, 5) is 11.9. The molecule has 0 spiro atoms. The Labute approximate surface area is 125 Å². The van der Waals surface area contributed by atoms with Crippen molar-refractivity contribution in [3.63, 3.8) is 0 Å². The molecule has 7 heteroatoms. The molecule has 1 aromatic rings. The summed E-state index contributed by atoms with van der Waals surface area (Å²) in [5.41, 5.74) is 1.76. The third kappa shape index (κ3) is 4.52. The zero-order valence-corrected chi connectivity index (χ0v) is 12.9. The van der Waals surface area contributed by atoms with Crippen LogP contribution in [-0.2, 0) is 21.4 Å². The maximum Gasteiger partial charge on any atom is 0.239 e. The number of carbonyl (C=O) groups is 1. The summed E-state index contributed by atoms with van der Waals surface area (Å²) in [5.74, 6) is -0.167. The van der Waals surface area contributed by atoms with E-state index in [1.165, 1.54) is 4.31 Å². The average Bonchev–Trinajstić information content (AvgIpc) is 2.76. The lowest BCUT2D eigenvalue weighted by molar-refractivity contribution is -0.116. The number of nitrogens with one attached hydrogen (secondary N) is 2. The summed E-state index contributed by atoms with van der Waals surface area (Å²) in [6.07, 6.45) is 0.591. The molecule has 0 aromatic heterocycles. The van der Waals surface area contributed by atoms with Crippen LogP contribution in [0.4, 0.5) is 5.69 Å². The zero-order valence-electron chi connectivity index (χ0n) is 12.1. The normalized spacial score (nSPS) is 17.8. The van der Waals surface area contributed by atoms with Gasteiger partial charge in [-0.15, -0.1) is 0 Å². The molecule has 116 valence electrons. The fourth-order valence-corrected chi connectivity index (χ4v) is 3.73. The number of carbonyl (C=O) groups excluding carboxylic acids is 1. The van der Waals surface area contributed by atoms with Crippen LogP contribution in [0, 0.1) is 0 Å². The van der Waals surface area contributed by atoms with Crippen molar-refractivity contribution in [2.24, 2.45) is 0 Å². The van der Waals surface area contributed by atoms with E-state index >= 15 is 0 Å². The van der Waals surface area contributed by atoms with E-state index in [1.54, 1.807) is 6.07 Å². The summed E-state index contributed by atoms with van der Waals surface area (Å²) in [5, 5.41) is 5.96. The molecule has 1 aliphatic heterocycles. The Morgan fingerprint density at radius 3 is 2.86 bits per heavy atom. The summed E-state index contributed by atoms with van der Waals surface area (Å²) < 4.78 is 24.6. The predicted molar refractivity (Wildman–Crippen MR) is 82.4 cm³/mol. The number of rotatable bonds is 6. The van der Waals surface area contributed by atoms with E-state index in [-0.39, 0.29) is 18.2 Å². The SMILES string of the molecule is CCNCc1cccc(NC(=O)CN2CCCS2(=O)=O)c1. The van der Waals surface area contributed by atoms with E-state index in [4.69, 9.17) is 0 Å². The van der Waals surface area contributed by atoms with Crippen molar-refractivity contribution < 1.29 is 13.2 Å². The largest absolute Gasteiger partial charge is 0.325 e. The number of benzene rings is 1. The molecule has 1 saturated heterocycles. The molecule has 6 nitrogen and oxygen atoms in total. The summed E-state index contributed by atoms with van der Waals surface area (Å²) in [7, 11) is -3.23. The first-order valence-corrected chi connectivity index (χ1v) is 8.69. The van der Waals surface area contributed by atoms with Crippen LogP contribution in [0.2, 0.25) is 0 Å². The van der Waals surface area contributed by atoms with E-state index < -0.39 is 10.0 Å². The van der Waals surface area contributed by atoms with Crippen molar-refractivity contribution in [2.75, 3.05) is 30.7 Å². The monoisotopic (exact) mass is 311 g/mol. The molecule has 21 heavy (non-hydrogen) atoms. The van der Waals surface area contributed by atoms with Crippen LogP contribution in [0.1, 0.15) is 18.9 Å². The minimum absolute atomic E-state index is 0.111. The highest BCUT2D eigenvalue weighted by Gasteiger charge is 2.29. The Morgan fingerprint density at radius 1 is 1.38 bits per heavy atom. The van der Waals surface area contributed by atoms with Gasteiger partial charge in [0, 0.05) is 18.8 Å². The molecule has 0 radical (unpaired) electrons. The number of amides is 1. The van der Waals surface area contributed by atoms with Crippen LogP contribution in [0.15, 0.2) is 24.3 Å². The lowest BCUT2D eigenvalue weighted by Crippen LogP contribution is -2.34. The highest BCUT2D eigenvalue weighted by Crippen LogP contribution is 2.14. The highest BCUT2D eigenvalue weighted by atomic mass is 32.2. The van der Waals surface area contributed by atoms with Crippen molar-refractivity contribution in [3.8, 4) is 0 Å². The van der Waals surface area contributed by atoms with Gasteiger partial charge in [0.15, 0.2) is 0 Å². The third-order valence-corrected chi connectivity index (χ3v) is 5.22. The van der Waals surface area contributed by atoms with Crippen molar-refractivity contribution in [1.82, 2.24) is 9.62 Å². The molecule has 2 N–H and O–H groups in total. The van der Waals surface area contributed by atoms with Crippen molar-refractivity contribution in [3.05, 3.63) is 29.8 Å². The van der Waals surface area contributed by atoms with Crippen LogP contribution >= 0.6 is 0 Å². The summed E-state index contributed by atoms with van der Waals surface area (Å²) in [6.45, 7) is 3.96. The first-order chi connectivity index (χ1) is 10.0. The Bertz CT molecular complexity index is 601. The van der Waals surface area contributed by atoms with Crippen LogP contribution in [-0.4, -0.2) is 44.0 Å². The fraction of sp³-hybridized carbons (Fsp3) is 0.500. The fourth-order valence-electron chi connectivity index (χ4n) is 2.26. The van der Waals surface area contributed by atoms with Gasteiger partial charge < -0.3 is 10.6 Å². The quantitative estimate of drug-likeness (QED) is 0.813. The molecule has 0 bridgehead atoms. The second-order valence-corrected chi connectivity index (χ2v) is 7.12. The smallest absolute Gasteiger partial charge is 0.239 e. The van der Waals surface area contributed by atoms with Crippen LogP contribution in [0.25, 0.3) is 0 Å². The highest BCUT2D eigenvalue weighted by molar-refractivity contribution is 7.89. The molecule has 0 atom stereocenters. The van der Waals surface area contributed by atoms with Crippen molar-refractivity contribution in [2.45, 2.75) is 19.9 Å². The van der Waals surface area contributed by atoms with Gasteiger partial charge in [0.1, 0.15) is 0 Å². The van der Waals surface area contributed by atoms with Gasteiger partial charge in [0.05, 0.1) is 12.3 Å². The number of sulfonamides is 1. The minimum atomic E-state index is -3.23. The predicted octanol–water partition coefficient (Wildman–Crippen LogP) is 0.770. The molecule has 1 aliphatic rings. The molecular formula is C14H21N3O3S. The molecule has 0 aliphatic carbocycles. The average molecular weight is 311 g/mol. The first-order valence-electron chi connectivity index (χ1n) is 7.08. The van der Waals surface area contributed by atoms with Gasteiger partial charge in [0.25, 0.3) is 0 Å². The van der Waals surface area contributed by atoms with Crippen LogP contribution in [0.5, 0.6) is 0 Å². The summed E-state index contributed by atoms with van der Waals surface area (Å²) in [6, 6.07) is 7.53. The number of hydrogen-bond acceptors (Lipinski definition) is 4. The van der Waals surface area contributed by atoms with Gasteiger partial charge in [-0.3, -0.25) is 4.79 Å². The lowest BCUT2D eigenvalue weighted by atomic mass is 10.2. The topological polar surface area (TPSA) is 78.5 Å². The Kier molecular flexibility index (Phi) is 5.33. The second kappa shape index (κ2) is 7.02. The van der Waals surface area contributed by atoms with E-state index in [9.17, 15) is 13.2 Å². The third-order valence-electron chi connectivity index (χ3n) is 3.31. The van der Waals surface area contributed by atoms with Crippen molar-refractivity contribution in [1.29, 1.82) is 0 Å². The van der Waals surface area contributed by atoms with E-state index in [1.807, 2.05) is 25.1 Å². The maximum absolute atomic E-state index is 11.9. The van der Waals surface area contributed by atoms with E-state index in [0.717, 1.165) is 18.7 Å². The summed E-state index contributed by atoms with van der Waals surface area (Å²) >= 11 is 0. The Balaban J connectivity index is 1.93. The first kappa shape index (κ1) is 15.9. The molecule has 2 rings (SSSR count). The number of nitrogens with zero attached hydrogens (tertiary/aromatic N) is 1. The number of hydrogen-bond donors (Lipinski definition) is 2. The standard InChI is InChI=1S/C14H21N3O3S/c1-2-15-10-12-5-3-6-13(9-12)16-14(18)11-17-7-4-8-21(17,19)20/h3,5-6,9,15H,2,4,7-8,10-11H2,1H3,(H,16,18). The molecule has 1 aromatic carbocycles. The minimum Gasteiger partial charge on any atom is -0.325 e. The zero-order chi connectivity index (χ0) is 15.3. The molecule has 0 saturated carbocycles. The molecule has 1 fully saturated rings. The molecule has 0 unspecified atom stereocenters. The van der Waals surface area contributed by atoms with Gasteiger partial charge in [-0.1, -0.05) is 19.1 Å². The van der Waals surface area contributed by atoms with Gasteiger partial charge in [0.2, 0.25) is 15.9 Å². The molecule has 1 heterocycles. The van der Waals surface area contributed by atoms with Crippen LogP contribution < -0.4 is 10.6 Å². The lowest BCUT2D eigenvalue weighted by Gasteiger charge is -2.14.